The van der Waals surface area contributed by atoms with Gasteiger partial charge in [0.2, 0.25) is 0 Å². The van der Waals surface area contributed by atoms with Crippen molar-refractivity contribution in [2.75, 3.05) is 18.5 Å². The Bertz CT molecular complexity index is 263. The van der Waals surface area contributed by atoms with Gasteiger partial charge in [-0.05, 0) is 57.3 Å². The molecule has 0 aromatic rings. The van der Waals surface area contributed by atoms with Gasteiger partial charge in [0.25, 0.3) is 0 Å². The van der Waals surface area contributed by atoms with Crippen molar-refractivity contribution in [1.82, 2.24) is 0 Å². The van der Waals surface area contributed by atoms with Crippen LogP contribution in [0.2, 0.25) is 0 Å². The second-order valence-electron chi connectivity index (χ2n) is 6.58. The van der Waals surface area contributed by atoms with E-state index in [9.17, 15) is 5.11 Å². The molecule has 2 fully saturated rings. The summed E-state index contributed by atoms with van der Waals surface area (Å²) in [5.74, 6) is 0.633. The molecule has 0 radical (unpaired) electrons. The zero-order valence-electron chi connectivity index (χ0n) is 13.1. The standard InChI is InChI=1S/C17H31BrO3/c18-13-14(16-9-3-5-11-20-16)7-1-2-8-15(19)17-10-4-6-12-21-17/h14-17,19H,1-13H2. The van der Waals surface area contributed by atoms with Crippen molar-refractivity contribution in [2.45, 2.75) is 82.5 Å². The fourth-order valence-corrected chi connectivity index (χ4v) is 4.26. The number of halogens is 1. The van der Waals surface area contributed by atoms with Crippen LogP contribution in [-0.2, 0) is 9.47 Å². The summed E-state index contributed by atoms with van der Waals surface area (Å²) in [5, 5.41) is 11.2. The Kier molecular flexibility index (Phi) is 8.60. The van der Waals surface area contributed by atoms with Crippen LogP contribution in [0.1, 0.15) is 64.2 Å². The zero-order chi connectivity index (χ0) is 14.9. The number of hydrogen-bond donors (Lipinski definition) is 1. The highest BCUT2D eigenvalue weighted by Gasteiger charge is 2.24. The van der Waals surface area contributed by atoms with E-state index in [2.05, 4.69) is 15.9 Å². The molecule has 0 aliphatic carbocycles. The number of unbranched alkanes of at least 4 members (excludes halogenated alkanes) is 1. The van der Waals surface area contributed by atoms with Crippen molar-refractivity contribution in [3.05, 3.63) is 0 Å². The largest absolute Gasteiger partial charge is 0.390 e. The molecular formula is C17H31BrO3. The monoisotopic (exact) mass is 362 g/mol. The van der Waals surface area contributed by atoms with E-state index in [4.69, 9.17) is 9.47 Å². The van der Waals surface area contributed by atoms with Crippen LogP contribution in [0, 0.1) is 5.92 Å². The van der Waals surface area contributed by atoms with Gasteiger partial charge in [0.1, 0.15) is 0 Å². The molecule has 4 unspecified atom stereocenters. The highest BCUT2D eigenvalue weighted by molar-refractivity contribution is 9.09. The lowest BCUT2D eigenvalue weighted by atomic mass is 9.91. The Morgan fingerprint density at radius 3 is 2.10 bits per heavy atom. The lowest BCUT2D eigenvalue weighted by Gasteiger charge is -2.30. The summed E-state index contributed by atoms with van der Waals surface area (Å²) < 4.78 is 11.6. The molecule has 2 saturated heterocycles. The van der Waals surface area contributed by atoms with Crippen molar-refractivity contribution in [3.63, 3.8) is 0 Å². The summed E-state index contributed by atoms with van der Waals surface area (Å²) in [6, 6.07) is 0. The predicted octanol–water partition coefficient (Wildman–Crippen LogP) is 4.06. The van der Waals surface area contributed by atoms with Gasteiger partial charge in [-0.1, -0.05) is 28.8 Å². The second kappa shape index (κ2) is 10.2. The molecule has 4 atom stereocenters. The smallest absolute Gasteiger partial charge is 0.0833 e. The summed E-state index contributed by atoms with van der Waals surface area (Å²) in [5.41, 5.74) is 0. The van der Waals surface area contributed by atoms with Crippen LogP contribution in [0.15, 0.2) is 0 Å². The van der Waals surface area contributed by atoms with E-state index in [0.29, 0.717) is 12.0 Å². The minimum atomic E-state index is -0.265. The van der Waals surface area contributed by atoms with Crippen molar-refractivity contribution >= 4 is 15.9 Å². The van der Waals surface area contributed by atoms with Gasteiger partial charge in [0.15, 0.2) is 0 Å². The quantitative estimate of drug-likeness (QED) is 0.522. The SMILES string of the molecule is OC(CCCCC(CBr)C1CCCCO1)C1CCCCO1. The lowest BCUT2D eigenvalue weighted by Crippen LogP contribution is -2.32. The minimum Gasteiger partial charge on any atom is -0.390 e. The lowest BCUT2D eigenvalue weighted by molar-refractivity contribution is -0.0651. The van der Waals surface area contributed by atoms with Gasteiger partial charge >= 0.3 is 0 Å². The number of aliphatic hydroxyl groups is 1. The van der Waals surface area contributed by atoms with Crippen LogP contribution in [-0.4, -0.2) is 42.0 Å². The molecule has 0 aromatic carbocycles. The first-order chi connectivity index (χ1) is 10.3. The topological polar surface area (TPSA) is 38.7 Å². The number of rotatable bonds is 8. The van der Waals surface area contributed by atoms with Crippen LogP contribution in [0.3, 0.4) is 0 Å². The van der Waals surface area contributed by atoms with Gasteiger partial charge in [-0.15, -0.1) is 0 Å². The molecule has 4 heteroatoms. The molecule has 21 heavy (non-hydrogen) atoms. The van der Waals surface area contributed by atoms with Crippen LogP contribution < -0.4 is 0 Å². The number of aliphatic hydroxyl groups excluding tert-OH is 1. The molecule has 2 rings (SSSR count). The third-order valence-electron chi connectivity index (χ3n) is 4.91. The van der Waals surface area contributed by atoms with Gasteiger partial charge in [-0.2, -0.15) is 0 Å². The predicted molar refractivity (Wildman–Crippen MR) is 88.9 cm³/mol. The molecule has 0 aromatic heterocycles. The van der Waals surface area contributed by atoms with Crippen molar-refractivity contribution in [1.29, 1.82) is 0 Å². The van der Waals surface area contributed by atoms with Crippen molar-refractivity contribution in [3.8, 4) is 0 Å². The van der Waals surface area contributed by atoms with E-state index in [1.54, 1.807) is 0 Å². The van der Waals surface area contributed by atoms with Gasteiger partial charge in [-0.3, -0.25) is 0 Å². The molecule has 2 aliphatic rings. The van der Waals surface area contributed by atoms with Crippen LogP contribution in [0.5, 0.6) is 0 Å². The van der Waals surface area contributed by atoms with Gasteiger partial charge in [-0.25, -0.2) is 0 Å². The second-order valence-corrected chi connectivity index (χ2v) is 7.22. The van der Waals surface area contributed by atoms with E-state index in [-0.39, 0.29) is 12.2 Å². The Morgan fingerprint density at radius 1 is 0.905 bits per heavy atom. The maximum Gasteiger partial charge on any atom is 0.0833 e. The van der Waals surface area contributed by atoms with E-state index in [1.807, 2.05) is 0 Å². The zero-order valence-corrected chi connectivity index (χ0v) is 14.7. The van der Waals surface area contributed by atoms with Crippen molar-refractivity contribution < 1.29 is 14.6 Å². The van der Waals surface area contributed by atoms with E-state index in [0.717, 1.165) is 44.2 Å². The third kappa shape index (κ3) is 6.17. The van der Waals surface area contributed by atoms with E-state index >= 15 is 0 Å². The van der Waals surface area contributed by atoms with Gasteiger partial charge in [0.05, 0.1) is 18.3 Å². The highest BCUT2D eigenvalue weighted by atomic mass is 79.9. The minimum absolute atomic E-state index is 0.0902. The fourth-order valence-electron chi connectivity index (χ4n) is 3.51. The van der Waals surface area contributed by atoms with E-state index < -0.39 is 0 Å². The Balaban J connectivity index is 1.58. The maximum atomic E-state index is 10.2. The number of ether oxygens (including phenoxy) is 2. The Morgan fingerprint density at radius 2 is 1.52 bits per heavy atom. The van der Waals surface area contributed by atoms with Gasteiger partial charge in [0, 0.05) is 18.5 Å². The average molecular weight is 363 g/mol. The Labute approximate surface area is 137 Å². The molecule has 0 amide bonds. The first-order valence-corrected chi connectivity index (χ1v) is 9.90. The molecular weight excluding hydrogens is 332 g/mol. The molecule has 1 N–H and O–H groups in total. The molecule has 3 nitrogen and oxygen atoms in total. The first kappa shape index (κ1) is 17.7. The first-order valence-electron chi connectivity index (χ1n) is 8.78. The summed E-state index contributed by atoms with van der Waals surface area (Å²) in [6.07, 6.45) is 11.8. The van der Waals surface area contributed by atoms with Crippen LogP contribution in [0.4, 0.5) is 0 Å². The Hall–Kier alpha value is 0.360. The molecule has 124 valence electrons. The molecule has 2 aliphatic heterocycles. The summed E-state index contributed by atoms with van der Waals surface area (Å²) >= 11 is 3.65. The molecule has 2 heterocycles. The third-order valence-corrected chi connectivity index (χ3v) is 5.74. The van der Waals surface area contributed by atoms with E-state index in [1.165, 1.54) is 38.5 Å². The number of alkyl halides is 1. The van der Waals surface area contributed by atoms with Crippen LogP contribution in [0.25, 0.3) is 0 Å². The van der Waals surface area contributed by atoms with Crippen molar-refractivity contribution in [2.24, 2.45) is 5.92 Å². The fraction of sp³-hybridized carbons (Fsp3) is 1.00. The number of hydrogen-bond acceptors (Lipinski definition) is 3. The molecule has 0 bridgehead atoms. The normalized spacial score (nSPS) is 30.0. The summed E-state index contributed by atoms with van der Waals surface area (Å²) in [7, 11) is 0. The van der Waals surface area contributed by atoms with Crippen LogP contribution >= 0.6 is 15.9 Å². The maximum absolute atomic E-state index is 10.2. The van der Waals surface area contributed by atoms with Gasteiger partial charge < -0.3 is 14.6 Å². The highest BCUT2D eigenvalue weighted by Crippen LogP contribution is 2.26. The summed E-state index contributed by atoms with van der Waals surface area (Å²) in [6.45, 7) is 1.76. The molecule has 0 saturated carbocycles. The average Bonchev–Trinajstić information content (AvgIpc) is 2.56. The molecule has 0 spiro atoms. The summed E-state index contributed by atoms with van der Waals surface area (Å²) in [4.78, 5) is 0.